The van der Waals surface area contributed by atoms with Gasteiger partial charge in [0.2, 0.25) is 0 Å². The molecular formula is C17H27NO2. The van der Waals surface area contributed by atoms with Crippen molar-refractivity contribution in [2.45, 2.75) is 64.1 Å². The van der Waals surface area contributed by atoms with Crippen LogP contribution in [0.5, 0.6) is 5.75 Å². The molecule has 112 valence electrons. The van der Waals surface area contributed by atoms with Gasteiger partial charge in [0.1, 0.15) is 5.75 Å². The van der Waals surface area contributed by atoms with Crippen LogP contribution in [0.3, 0.4) is 0 Å². The first-order chi connectivity index (χ1) is 9.70. The van der Waals surface area contributed by atoms with E-state index < -0.39 is 0 Å². The van der Waals surface area contributed by atoms with Crippen LogP contribution in [0, 0.1) is 0 Å². The van der Waals surface area contributed by atoms with Gasteiger partial charge in [-0.3, -0.25) is 0 Å². The van der Waals surface area contributed by atoms with Crippen molar-refractivity contribution < 1.29 is 9.84 Å². The van der Waals surface area contributed by atoms with Crippen molar-refractivity contribution in [2.24, 2.45) is 0 Å². The smallest absolute Gasteiger partial charge is 0.119 e. The Morgan fingerprint density at radius 3 is 2.60 bits per heavy atom. The summed E-state index contributed by atoms with van der Waals surface area (Å²) in [5.74, 6) is 0.915. The third-order valence-electron chi connectivity index (χ3n) is 4.13. The summed E-state index contributed by atoms with van der Waals surface area (Å²) < 4.78 is 5.46. The normalized spacial score (nSPS) is 24.9. The Morgan fingerprint density at radius 1 is 1.20 bits per heavy atom. The quantitative estimate of drug-likeness (QED) is 0.810. The molecule has 0 spiro atoms. The monoisotopic (exact) mass is 277 g/mol. The Labute approximate surface area is 122 Å². The van der Waals surface area contributed by atoms with Crippen molar-refractivity contribution in [3.8, 4) is 5.75 Å². The Balaban J connectivity index is 1.94. The molecule has 2 rings (SSSR count). The molecule has 0 aromatic heterocycles. The van der Waals surface area contributed by atoms with E-state index in [1.165, 1.54) is 18.4 Å². The van der Waals surface area contributed by atoms with Crippen LogP contribution in [0.15, 0.2) is 24.3 Å². The molecule has 1 aromatic carbocycles. The van der Waals surface area contributed by atoms with Crippen LogP contribution in [0.1, 0.15) is 57.6 Å². The number of hydrogen-bond acceptors (Lipinski definition) is 3. The maximum Gasteiger partial charge on any atom is 0.119 e. The van der Waals surface area contributed by atoms with Crippen molar-refractivity contribution in [3.63, 3.8) is 0 Å². The lowest BCUT2D eigenvalue weighted by atomic mass is 10.0. The van der Waals surface area contributed by atoms with Crippen LogP contribution in [-0.2, 0) is 0 Å². The Kier molecular flexibility index (Phi) is 5.86. The topological polar surface area (TPSA) is 41.5 Å². The lowest BCUT2D eigenvalue weighted by Crippen LogP contribution is -2.40. The third-order valence-corrected chi connectivity index (χ3v) is 4.13. The van der Waals surface area contributed by atoms with Crippen molar-refractivity contribution in [1.82, 2.24) is 5.32 Å². The molecule has 1 aliphatic rings. The van der Waals surface area contributed by atoms with Gasteiger partial charge in [-0.05, 0) is 44.4 Å². The minimum atomic E-state index is -0.206. The van der Waals surface area contributed by atoms with Crippen LogP contribution in [0.2, 0.25) is 0 Å². The van der Waals surface area contributed by atoms with E-state index >= 15 is 0 Å². The molecule has 1 aliphatic carbocycles. The molecule has 3 nitrogen and oxygen atoms in total. The average molecular weight is 277 g/mol. The number of aliphatic hydroxyl groups excluding tert-OH is 1. The van der Waals surface area contributed by atoms with Crippen molar-refractivity contribution in [1.29, 1.82) is 0 Å². The second kappa shape index (κ2) is 7.65. The Hall–Kier alpha value is -1.06. The Bertz CT molecular complexity index is 390. The van der Waals surface area contributed by atoms with Gasteiger partial charge in [-0.15, -0.1) is 0 Å². The lowest BCUT2D eigenvalue weighted by molar-refractivity contribution is 0.115. The third kappa shape index (κ3) is 4.22. The predicted octanol–water partition coefficient (Wildman–Crippen LogP) is 3.43. The van der Waals surface area contributed by atoms with Crippen LogP contribution in [0.4, 0.5) is 0 Å². The molecule has 0 amide bonds. The van der Waals surface area contributed by atoms with E-state index in [0.717, 1.165) is 25.0 Å². The summed E-state index contributed by atoms with van der Waals surface area (Å²) in [6.07, 6.45) is 5.40. The van der Waals surface area contributed by atoms with Crippen LogP contribution in [-0.4, -0.2) is 23.9 Å². The standard InChI is InChI=1S/C17H27NO2/c1-3-20-15-11-9-14(10-12-15)13(2)18-16-7-5-4-6-8-17(16)19/h9-13,16-19H,3-8H2,1-2H3. The summed E-state index contributed by atoms with van der Waals surface area (Å²) in [4.78, 5) is 0. The Morgan fingerprint density at radius 2 is 1.90 bits per heavy atom. The number of nitrogens with one attached hydrogen (secondary N) is 1. The van der Waals surface area contributed by atoms with E-state index in [4.69, 9.17) is 4.74 Å². The first-order valence-electron chi connectivity index (χ1n) is 7.87. The molecule has 3 unspecified atom stereocenters. The number of ether oxygens (including phenoxy) is 1. The zero-order valence-electron chi connectivity index (χ0n) is 12.6. The highest BCUT2D eigenvalue weighted by atomic mass is 16.5. The average Bonchev–Trinajstić information content (AvgIpc) is 2.65. The van der Waals surface area contributed by atoms with Crippen LogP contribution >= 0.6 is 0 Å². The first-order valence-corrected chi connectivity index (χ1v) is 7.87. The highest BCUT2D eigenvalue weighted by Gasteiger charge is 2.23. The maximum atomic E-state index is 10.2. The lowest BCUT2D eigenvalue weighted by Gasteiger charge is -2.26. The summed E-state index contributed by atoms with van der Waals surface area (Å²) >= 11 is 0. The summed E-state index contributed by atoms with van der Waals surface area (Å²) in [7, 11) is 0. The van der Waals surface area contributed by atoms with Crippen molar-refractivity contribution >= 4 is 0 Å². The van der Waals surface area contributed by atoms with Crippen LogP contribution < -0.4 is 10.1 Å². The van der Waals surface area contributed by atoms with E-state index in [9.17, 15) is 5.11 Å². The molecule has 0 saturated heterocycles. The van der Waals surface area contributed by atoms with Crippen molar-refractivity contribution in [3.05, 3.63) is 29.8 Å². The van der Waals surface area contributed by atoms with Gasteiger partial charge in [-0.1, -0.05) is 31.4 Å². The maximum absolute atomic E-state index is 10.2. The zero-order chi connectivity index (χ0) is 14.4. The molecule has 1 fully saturated rings. The molecule has 0 radical (unpaired) electrons. The molecular weight excluding hydrogens is 250 g/mol. The van der Waals surface area contributed by atoms with Gasteiger partial charge in [0, 0.05) is 12.1 Å². The SMILES string of the molecule is CCOc1ccc(C(C)NC2CCCCCC2O)cc1. The number of hydrogen-bond donors (Lipinski definition) is 2. The minimum Gasteiger partial charge on any atom is -0.494 e. The number of aliphatic hydroxyl groups is 1. The molecule has 0 heterocycles. The van der Waals surface area contributed by atoms with Gasteiger partial charge in [0.05, 0.1) is 12.7 Å². The second-order valence-electron chi connectivity index (χ2n) is 5.70. The van der Waals surface area contributed by atoms with E-state index in [0.29, 0.717) is 6.61 Å². The second-order valence-corrected chi connectivity index (χ2v) is 5.70. The zero-order valence-corrected chi connectivity index (χ0v) is 12.6. The van der Waals surface area contributed by atoms with E-state index in [2.05, 4.69) is 24.4 Å². The minimum absolute atomic E-state index is 0.206. The van der Waals surface area contributed by atoms with Crippen LogP contribution in [0.25, 0.3) is 0 Å². The summed E-state index contributed by atoms with van der Waals surface area (Å²) in [6.45, 7) is 4.85. The fraction of sp³-hybridized carbons (Fsp3) is 0.647. The molecule has 2 N–H and O–H groups in total. The fourth-order valence-corrected chi connectivity index (χ4v) is 2.92. The van der Waals surface area contributed by atoms with E-state index in [1.807, 2.05) is 19.1 Å². The highest BCUT2D eigenvalue weighted by molar-refractivity contribution is 5.29. The van der Waals surface area contributed by atoms with Gasteiger partial charge >= 0.3 is 0 Å². The van der Waals surface area contributed by atoms with Gasteiger partial charge in [0.15, 0.2) is 0 Å². The molecule has 1 aromatic rings. The first kappa shape index (κ1) is 15.3. The largest absolute Gasteiger partial charge is 0.494 e. The highest BCUT2D eigenvalue weighted by Crippen LogP contribution is 2.23. The molecule has 3 heteroatoms. The predicted molar refractivity (Wildman–Crippen MR) is 82.0 cm³/mol. The van der Waals surface area contributed by atoms with Crippen molar-refractivity contribution in [2.75, 3.05) is 6.61 Å². The summed E-state index contributed by atoms with van der Waals surface area (Å²) in [5.41, 5.74) is 1.24. The molecule has 0 aliphatic heterocycles. The molecule has 0 bridgehead atoms. The fourth-order valence-electron chi connectivity index (χ4n) is 2.92. The van der Waals surface area contributed by atoms with E-state index in [1.54, 1.807) is 0 Å². The molecule has 1 saturated carbocycles. The number of benzene rings is 1. The summed E-state index contributed by atoms with van der Waals surface area (Å²) in [5, 5.41) is 13.8. The molecule has 20 heavy (non-hydrogen) atoms. The number of rotatable bonds is 5. The summed E-state index contributed by atoms with van der Waals surface area (Å²) in [6, 6.07) is 8.71. The van der Waals surface area contributed by atoms with Gasteiger partial charge in [-0.2, -0.15) is 0 Å². The van der Waals surface area contributed by atoms with E-state index in [-0.39, 0.29) is 18.2 Å². The van der Waals surface area contributed by atoms with Gasteiger partial charge in [0.25, 0.3) is 0 Å². The van der Waals surface area contributed by atoms with Gasteiger partial charge < -0.3 is 15.2 Å². The molecule has 3 atom stereocenters. The van der Waals surface area contributed by atoms with Gasteiger partial charge in [-0.25, -0.2) is 0 Å².